The molecule has 0 rings (SSSR count). The highest BCUT2D eigenvalue weighted by Crippen LogP contribution is 2.32. The van der Waals surface area contributed by atoms with Gasteiger partial charge in [0.25, 0.3) is 0 Å². The first-order chi connectivity index (χ1) is 5.77. The predicted octanol–water partition coefficient (Wildman–Crippen LogP) is 4.41. The first-order valence-corrected chi connectivity index (χ1v) is 6.18. The standard InChI is InChI=1S/C9H20IN.C2H6/c1-8(2,3)6-9(4,5)7-11-10;1-2/h11H,6-7H2,1-5H3;1-2H3. The van der Waals surface area contributed by atoms with Crippen LogP contribution >= 0.6 is 22.9 Å². The first kappa shape index (κ1) is 16.1. The van der Waals surface area contributed by atoms with Crippen molar-refractivity contribution in [2.45, 2.75) is 54.9 Å². The van der Waals surface area contributed by atoms with Crippen LogP contribution < -0.4 is 3.53 Å². The van der Waals surface area contributed by atoms with Crippen LogP contribution in [-0.2, 0) is 0 Å². The summed E-state index contributed by atoms with van der Waals surface area (Å²) in [6, 6.07) is 0. The molecule has 0 aliphatic rings. The van der Waals surface area contributed by atoms with Crippen molar-refractivity contribution in [3.63, 3.8) is 0 Å². The molecular formula is C11H26IN. The minimum absolute atomic E-state index is 0.416. The molecule has 0 unspecified atom stereocenters. The van der Waals surface area contributed by atoms with Crippen LogP contribution in [0.4, 0.5) is 0 Å². The molecule has 0 fully saturated rings. The van der Waals surface area contributed by atoms with Gasteiger partial charge in [-0.15, -0.1) is 0 Å². The lowest BCUT2D eigenvalue weighted by atomic mass is 9.76. The van der Waals surface area contributed by atoms with E-state index < -0.39 is 0 Å². The third kappa shape index (κ3) is 12.7. The Balaban J connectivity index is 0. The lowest BCUT2D eigenvalue weighted by Crippen LogP contribution is -2.28. The first-order valence-electron chi connectivity index (χ1n) is 5.10. The molecule has 1 N–H and O–H groups in total. The molecule has 0 heterocycles. The highest BCUT2D eigenvalue weighted by Gasteiger charge is 2.24. The number of hydrogen-bond acceptors (Lipinski definition) is 1. The molecule has 0 aromatic rings. The van der Waals surface area contributed by atoms with E-state index in [0.717, 1.165) is 6.54 Å². The Bertz CT molecular complexity index is 114. The average Bonchev–Trinajstić information content (AvgIpc) is 1.85. The highest BCUT2D eigenvalue weighted by atomic mass is 127. The molecule has 0 saturated carbocycles. The third-order valence-corrected chi connectivity index (χ3v) is 1.94. The fourth-order valence-electron chi connectivity index (χ4n) is 1.68. The van der Waals surface area contributed by atoms with Gasteiger partial charge in [0.05, 0.1) is 0 Å². The van der Waals surface area contributed by atoms with Crippen LogP contribution in [0.1, 0.15) is 54.9 Å². The van der Waals surface area contributed by atoms with E-state index in [2.05, 4.69) is 61.0 Å². The minimum Gasteiger partial charge on any atom is -0.261 e. The molecule has 0 bridgehead atoms. The van der Waals surface area contributed by atoms with E-state index in [0.29, 0.717) is 10.8 Å². The Labute approximate surface area is 98.6 Å². The van der Waals surface area contributed by atoms with Crippen molar-refractivity contribution in [1.29, 1.82) is 0 Å². The van der Waals surface area contributed by atoms with Gasteiger partial charge in [-0.1, -0.05) is 48.5 Å². The van der Waals surface area contributed by atoms with Gasteiger partial charge >= 0.3 is 0 Å². The van der Waals surface area contributed by atoms with Crippen LogP contribution in [0.15, 0.2) is 0 Å². The van der Waals surface area contributed by atoms with Crippen molar-refractivity contribution in [2.24, 2.45) is 10.8 Å². The topological polar surface area (TPSA) is 12.0 Å². The summed E-state index contributed by atoms with van der Waals surface area (Å²) < 4.78 is 3.20. The van der Waals surface area contributed by atoms with E-state index in [9.17, 15) is 0 Å². The van der Waals surface area contributed by atoms with Gasteiger partial charge in [-0.3, -0.25) is 3.53 Å². The molecule has 0 saturated heterocycles. The number of halogens is 1. The second kappa shape index (κ2) is 7.04. The molecule has 0 radical (unpaired) electrons. The zero-order chi connectivity index (χ0) is 11.1. The van der Waals surface area contributed by atoms with Crippen molar-refractivity contribution in [3.8, 4) is 0 Å². The van der Waals surface area contributed by atoms with Crippen LogP contribution in [0, 0.1) is 10.8 Å². The van der Waals surface area contributed by atoms with Crippen LogP contribution in [0.25, 0.3) is 0 Å². The Morgan fingerprint density at radius 1 is 1.00 bits per heavy atom. The molecular weight excluding hydrogens is 273 g/mol. The number of nitrogens with one attached hydrogen (secondary N) is 1. The molecule has 0 aromatic carbocycles. The summed E-state index contributed by atoms with van der Waals surface area (Å²) in [5.74, 6) is 0. The van der Waals surface area contributed by atoms with Crippen LogP contribution in [-0.4, -0.2) is 6.54 Å². The highest BCUT2D eigenvalue weighted by molar-refractivity contribution is 14.1. The maximum Gasteiger partial charge on any atom is 0.0169 e. The fourth-order valence-corrected chi connectivity index (χ4v) is 2.71. The quantitative estimate of drug-likeness (QED) is 0.601. The summed E-state index contributed by atoms with van der Waals surface area (Å²) in [6.07, 6.45) is 1.26. The van der Waals surface area contributed by atoms with Crippen molar-refractivity contribution >= 4 is 22.9 Å². The second-order valence-corrected chi connectivity index (χ2v) is 5.97. The molecule has 82 valence electrons. The van der Waals surface area contributed by atoms with E-state index in [1.165, 1.54) is 6.42 Å². The zero-order valence-electron chi connectivity index (χ0n) is 10.3. The Morgan fingerprint density at radius 2 is 1.38 bits per heavy atom. The van der Waals surface area contributed by atoms with Crippen molar-refractivity contribution in [1.82, 2.24) is 3.53 Å². The molecule has 1 nitrogen and oxygen atoms in total. The Hall–Kier alpha value is 0.690. The largest absolute Gasteiger partial charge is 0.261 e. The Morgan fingerprint density at radius 3 is 1.62 bits per heavy atom. The van der Waals surface area contributed by atoms with E-state index in [1.54, 1.807) is 0 Å². The maximum absolute atomic E-state index is 3.20. The molecule has 0 aromatic heterocycles. The number of hydrogen-bond donors (Lipinski definition) is 1. The lowest BCUT2D eigenvalue weighted by Gasteiger charge is -2.31. The molecule has 0 atom stereocenters. The van der Waals surface area contributed by atoms with Crippen molar-refractivity contribution in [3.05, 3.63) is 0 Å². The van der Waals surface area contributed by atoms with Gasteiger partial charge in [0, 0.05) is 29.4 Å². The summed E-state index contributed by atoms with van der Waals surface area (Å²) in [5, 5.41) is 0. The summed E-state index contributed by atoms with van der Waals surface area (Å²) in [6.45, 7) is 16.6. The summed E-state index contributed by atoms with van der Waals surface area (Å²) in [5.41, 5.74) is 0.858. The summed E-state index contributed by atoms with van der Waals surface area (Å²) >= 11 is 2.21. The van der Waals surface area contributed by atoms with E-state index in [-0.39, 0.29) is 0 Å². The van der Waals surface area contributed by atoms with Crippen LogP contribution in [0.5, 0.6) is 0 Å². The van der Waals surface area contributed by atoms with Crippen LogP contribution in [0.3, 0.4) is 0 Å². The molecule has 0 aliphatic heterocycles. The zero-order valence-corrected chi connectivity index (χ0v) is 12.4. The van der Waals surface area contributed by atoms with E-state index in [4.69, 9.17) is 0 Å². The van der Waals surface area contributed by atoms with Gasteiger partial charge < -0.3 is 0 Å². The molecule has 2 heteroatoms. The lowest BCUT2D eigenvalue weighted by molar-refractivity contribution is 0.217. The monoisotopic (exact) mass is 299 g/mol. The SMILES string of the molecule is CC.CC(C)(C)CC(C)(C)CNI. The van der Waals surface area contributed by atoms with Gasteiger partial charge in [-0.25, -0.2) is 0 Å². The molecule has 0 spiro atoms. The average molecular weight is 299 g/mol. The van der Waals surface area contributed by atoms with Crippen molar-refractivity contribution in [2.75, 3.05) is 6.54 Å². The smallest absolute Gasteiger partial charge is 0.0169 e. The molecule has 13 heavy (non-hydrogen) atoms. The van der Waals surface area contributed by atoms with Gasteiger partial charge in [0.15, 0.2) is 0 Å². The second-order valence-electron chi connectivity index (χ2n) is 5.21. The Kier molecular flexibility index (Phi) is 8.74. The normalized spacial score (nSPS) is 12.0. The van der Waals surface area contributed by atoms with Gasteiger partial charge in [0.2, 0.25) is 0 Å². The fraction of sp³-hybridized carbons (Fsp3) is 1.00. The molecule has 0 amide bonds. The predicted molar refractivity (Wildman–Crippen MR) is 71.2 cm³/mol. The van der Waals surface area contributed by atoms with Crippen molar-refractivity contribution < 1.29 is 0 Å². The summed E-state index contributed by atoms with van der Waals surface area (Å²) in [4.78, 5) is 0. The number of rotatable bonds is 3. The van der Waals surface area contributed by atoms with E-state index in [1.807, 2.05) is 13.8 Å². The van der Waals surface area contributed by atoms with Gasteiger partial charge in [-0.2, -0.15) is 0 Å². The minimum atomic E-state index is 0.416. The van der Waals surface area contributed by atoms with Gasteiger partial charge in [-0.05, 0) is 17.3 Å². The van der Waals surface area contributed by atoms with Gasteiger partial charge in [0.1, 0.15) is 0 Å². The van der Waals surface area contributed by atoms with Crippen LogP contribution in [0.2, 0.25) is 0 Å². The maximum atomic E-state index is 3.20. The molecule has 0 aliphatic carbocycles. The van der Waals surface area contributed by atoms with E-state index >= 15 is 0 Å². The third-order valence-electron chi connectivity index (χ3n) is 1.55. The summed E-state index contributed by atoms with van der Waals surface area (Å²) in [7, 11) is 0.